The van der Waals surface area contributed by atoms with Gasteiger partial charge in [0.2, 0.25) is 0 Å². The van der Waals surface area contributed by atoms with Crippen molar-refractivity contribution in [2.45, 2.75) is 38.6 Å². The van der Waals surface area contributed by atoms with Crippen molar-refractivity contribution < 1.29 is 58.8 Å². The summed E-state index contributed by atoms with van der Waals surface area (Å²) in [5.41, 5.74) is -1.03. The Labute approximate surface area is 470 Å². The second-order valence-electron chi connectivity index (χ2n) is 20.1. The topological polar surface area (TPSA) is 327 Å². The van der Waals surface area contributed by atoms with Crippen LogP contribution in [0, 0.1) is 0 Å². The van der Waals surface area contributed by atoms with E-state index in [2.05, 4.69) is 42.5 Å². The van der Waals surface area contributed by atoms with E-state index in [0.717, 1.165) is 19.3 Å². The number of benzene rings is 4. The molecule has 3 unspecified atom stereocenters. The Morgan fingerprint density at radius 1 is 0.346 bits per heavy atom. The highest BCUT2D eigenvalue weighted by Gasteiger charge is 2.27. The van der Waals surface area contributed by atoms with Crippen molar-refractivity contribution in [1.29, 1.82) is 0 Å². The molecule has 4 aliphatic heterocycles. The fourth-order valence-corrected chi connectivity index (χ4v) is 9.89. The van der Waals surface area contributed by atoms with Crippen LogP contribution in [0.2, 0.25) is 0 Å². The Morgan fingerprint density at radius 3 is 0.840 bits per heavy atom. The van der Waals surface area contributed by atoms with E-state index in [-0.39, 0.29) is 169 Å². The minimum atomic E-state index is -0.648. The Bertz CT molecular complexity index is 2830. The normalized spacial score (nSPS) is 22.2. The monoisotopic (exact) mass is 1120 g/mol. The van der Waals surface area contributed by atoms with Gasteiger partial charge in [0.25, 0.3) is 47.3 Å². The number of fused-ring (bicyclic) bond motifs is 16. The molecule has 0 aromatic heterocycles. The molecular weight excluding hydrogens is 1040 g/mol. The van der Waals surface area contributed by atoms with Gasteiger partial charge in [-0.05, 0) is 55.0 Å². The van der Waals surface area contributed by atoms with Crippen molar-refractivity contribution in [1.82, 2.24) is 62.1 Å². The van der Waals surface area contributed by atoms with Crippen molar-refractivity contribution >= 4 is 47.3 Å². The van der Waals surface area contributed by atoms with Crippen LogP contribution in [-0.2, 0) is 0 Å². The Morgan fingerprint density at radius 2 is 0.580 bits per heavy atom. The molecule has 434 valence electrons. The van der Waals surface area contributed by atoms with Gasteiger partial charge in [0, 0.05) is 130 Å². The molecule has 4 aliphatic rings. The van der Waals surface area contributed by atoms with Gasteiger partial charge < -0.3 is 63.0 Å². The number of nitrogens with one attached hydrogen (secondary N) is 8. The predicted molar refractivity (Wildman–Crippen MR) is 300 cm³/mol. The highest BCUT2D eigenvalue weighted by molar-refractivity contribution is 6.06. The maximum atomic E-state index is 14.3. The lowest BCUT2D eigenvalue weighted by molar-refractivity contribution is 0.0895. The zero-order valence-electron chi connectivity index (χ0n) is 45.6. The van der Waals surface area contributed by atoms with E-state index in [9.17, 15) is 58.8 Å². The average molecular weight is 1120 g/mol. The maximum absolute atomic E-state index is 14.3. The first-order valence-electron chi connectivity index (χ1n) is 27.6. The Hall–Kier alpha value is -8.32. The molecule has 12 N–H and O–H groups in total. The van der Waals surface area contributed by atoms with Crippen LogP contribution in [0.3, 0.4) is 0 Å². The number of phenolic OH excluding ortho intramolecular Hbond substituents is 4. The molecule has 0 aliphatic carbocycles. The van der Waals surface area contributed by atoms with Gasteiger partial charge in [-0.3, -0.25) is 58.0 Å². The highest BCUT2D eigenvalue weighted by Crippen LogP contribution is 2.26. The molecule has 8 rings (SSSR count). The average Bonchev–Trinajstić information content (AvgIpc) is 3.45. The standard InChI is InChI=1S/C57H74N12O12/c1-2-3-4-9-37-36-69-31-24-64-55(79)43-15-7-14-42(48(43)72)52(76)60-20-27-67(28-21-63-56(80)44-16-8-17-45(49(44)73)57(81)65-37)33-32-66-25-18-58-50(74)38-10-5-12-40(46(38)70)53(77)61-22-29-68(34-35-69)30-23-62-54(78)41-13-6-11-39(47(41)71)51(75)59-19-26-66/h5-8,10-17,37,70-73H,2-4,9,18-36H2,1H3,(H,58,74)(H,59,75)(H,60,76)(H,61,77)(H,62,78)(H,63,80)(H,64,79)(H,65,81). The van der Waals surface area contributed by atoms with Gasteiger partial charge in [-0.1, -0.05) is 50.5 Å². The number of nitrogens with zero attached hydrogens (tertiary/aromatic N) is 4. The number of hydrogen-bond donors (Lipinski definition) is 12. The smallest absolute Gasteiger partial charge is 0.255 e. The molecule has 4 heterocycles. The molecule has 24 heteroatoms. The summed E-state index contributed by atoms with van der Waals surface area (Å²) in [4.78, 5) is 118. The predicted octanol–water partition coefficient (Wildman–Crippen LogP) is 0.646. The third-order valence-electron chi connectivity index (χ3n) is 14.5. The van der Waals surface area contributed by atoms with Crippen LogP contribution >= 0.6 is 0 Å². The molecule has 0 saturated carbocycles. The number of hydrogen-bond acceptors (Lipinski definition) is 16. The van der Waals surface area contributed by atoms with Crippen molar-refractivity contribution in [3.63, 3.8) is 0 Å². The van der Waals surface area contributed by atoms with Crippen molar-refractivity contribution in [3.8, 4) is 23.0 Å². The number of rotatable bonds is 4. The number of aromatic hydroxyl groups is 4. The first-order valence-corrected chi connectivity index (χ1v) is 27.6. The van der Waals surface area contributed by atoms with E-state index in [1.54, 1.807) is 0 Å². The lowest BCUT2D eigenvalue weighted by Crippen LogP contribution is -2.49. The largest absolute Gasteiger partial charge is 0.506 e. The zero-order chi connectivity index (χ0) is 57.8. The quantitative estimate of drug-likeness (QED) is 0.125. The van der Waals surface area contributed by atoms with Crippen molar-refractivity contribution in [3.05, 3.63) is 117 Å². The lowest BCUT2D eigenvalue weighted by atomic mass is 10.0. The number of carbonyl (C=O) groups excluding carboxylic acids is 8. The number of phenols is 4. The summed E-state index contributed by atoms with van der Waals surface area (Å²) in [5.74, 6) is -7.19. The Kier molecular flexibility index (Phi) is 22.2. The number of amides is 8. The minimum Gasteiger partial charge on any atom is -0.506 e. The third kappa shape index (κ3) is 16.6. The molecular formula is C57H74N12O12. The van der Waals surface area contributed by atoms with Crippen LogP contribution in [0.15, 0.2) is 72.8 Å². The van der Waals surface area contributed by atoms with Crippen LogP contribution in [0.25, 0.3) is 0 Å². The van der Waals surface area contributed by atoms with Crippen LogP contribution in [0.4, 0.5) is 0 Å². The molecule has 4 aromatic rings. The van der Waals surface area contributed by atoms with E-state index in [1.165, 1.54) is 72.8 Å². The fourth-order valence-electron chi connectivity index (χ4n) is 9.89. The maximum Gasteiger partial charge on any atom is 0.255 e. The molecule has 12 bridgehead atoms. The van der Waals surface area contributed by atoms with E-state index < -0.39 is 76.3 Å². The molecule has 0 radical (unpaired) electrons. The van der Waals surface area contributed by atoms with Crippen molar-refractivity contribution in [2.75, 3.05) is 124 Å². The highest BCUT2D eigenvalue weighted by atomic mass is 16.3. The molecule has 0 fully saturated rings. The van der Waals surface area contributed by atoms with Crippen LogP contribution in [0.5, 0.6) is 23.0 Å². The molecule has 3 atom stereocenters. The van der Waals surface area contributed by atoms with Gasteiger partial charge in [-0.2, -0.15) is 0 Å². The fraction of sp³-hybridized carbons (Fsp3) is 0.439. The first kappa shape index (κ1) is 60.3. The van der Waals surface area contributed by atoms with Crippen LogP contribution in [0.1, 0.15) is 115 Å². The third-order valence-corrected chi connectivity index (χ3v) is 14.5. The van der Waals surface area contributed by atoms with E-state index in [1.807, 2.05) is 26.5 Å². The minimum absolute atomic E-state index is 0.0283. The number of carbonyl (C=O) groups is 8. The first-order chi connectivity index (χ1) is 39.1. The van der Waals surface area contributed by atoms with E-state index in [0.29, 0.717) is 6.42 Å². The van der Waals surface area contributed by atoms with E-state index in [4.69, 9.17) is 0 Å². The van der Waals surface area contributed by atoms with E-state index >= 15 is 0 Å². The summed E-state index contributed by atoms with van der Waals surface area (Å²) in [6.07, 6.45) is 2.95. The lowest BCUT2D eigenvalue weighted by Gasteiger charge is -2.31. The molecule has 8 amide bonds. The summed E-state index contributed by atoms with van der Waals surface area (Å²) < 4.78 is 0. The second-order valence-corrected chi connectivity index (χ2v) is 20.1. The second kappa shape index (κ2) is 29.8. The number of para-hydroxylation sites is 4. The van der Waals surface area contributed by atoms with Crippen molar-refractivity contribution in [2.24, 2.45) is 0 Å². The van der Waals surface area contributed by atoms with Gasteiger partial charge in [-0.25, -0.2) is 0 Å². The molecule has 0 spiro atoms. The molecule has 0 saturated heterocycles. The summed E-state index contributed by atoms with van der Waals surface area (Å²) in [7, 11) is 0. The van der Waals surface area contributed by atoms with Gasteiger partial charge >= 0.3 is 0 Å². The summed E-state index contributed by atoms with van der Waals surface area (Å²) >= 11 is 0. The van der Waals surface area contributed by atoms with Crippen LogP contribution in [-0.4, -0.2) is 218 Å². The van der Waals surface area contributed by atoms with Gasteiger partial charge in [0.1, 0.15) is 23.0 Å². The Balaban J connectivity index is 1.32. The molecule has 81 heavy (non-hydrogen) atoms. The van der Waals surface area contributed by atoms with Gasteiger partial charge in [-0.15, -0.1) is 0 Å². The number of unbranched alkanes of at least 4 members (excludes halogenated alkanes) is 2. The van der Waals surface area contributed by atoms with Gasteiger partial charge in [0.15, 0.2) is 0 Å². The van der Waals surface area contributed by atoms with Crippen LogP contribution < -0.4 is 42.5 Å². The van der Waals surface area contributed by atoms with Gasteiger partial charge in [0.05, 0.1) is 44.5 Å². The summed E-state index contributed by atoms with van der Waals surface area (Å²) in [6, 6.07) is 16.7. The SMILES string of the molecule is CCCCCC1CN2CCNC(=O)c3cccc(c3O)C(=O)NCCN(CCNC(=O)c3cccc(c3O)C(=O)N1)CCN1CCNC(=O)c3cccc(c3O)C(=O)NCCN(CCNC(=O)c3cccc(c3O)C(=O)NCC1)CC2. The molecule has 4 aromatic carbocycles. The summed E-state index contributed by atoms with van der Waals surface area (Å²) in [5, 5.41) is 68.6. The zero-order valence-corrected chi connectivity index (χ0v) is 45.6. The summed E-state index contributed by atoms with van der Waals surface area (Å²) in [6.45, 7) is 4.83. The molecule has 24 nitrogen and oxygen atoms in total.